The van der Waals surface area contributed by atoms with Crippen molar-refractivity contribution >= 4 is 33.6 Å². The average molecular weight is 464 g/mol. The molecule has 0 aliphatic carbocycles. The Balaban J connectivity index is 2.02. The Morgan fingerprint density at radius 2 is 1.75 bits per heavy atom. The normalized spacial score (nSPS) is 11.1. The van der Waals surface area contributed by atoms with Gasteiger partial charge in [-0.2, -0.15) is 0 Å². The second kappa shape index (κ2) is 10.2. The van der Waals surface area contributed by atoms with E-state index in [1.54, 1.807) is 12.1 Å². The largest absolute Gasteiger partial charge is 0.495 e. The number of nitrogens with zero attached hydrogens (tertiary/aromatic N) is 1. The number of sulfonamides is 1. The van der Waals surface area contributed by atoms with Crippen LogP contribution < -0.4 is 15.4 Å². The predicted octanol–water partition coefficient (Wildman–Crippen LogP) is 2.07. The van der Waals surface area contributed by atoms with Crippen LogP contribution in [0.4, 0.5) is 10.5 Å². The van der Waals surface area contributed by atoms with Gasteiger partial charge in [0.05, 0.1) is 12.7 Å². The highest BCUT2D eigenvalue weighted by Gasteiger charge is 2.24. The molecule has 10 nitrogen and oxygen atoms in total. The summed E-state index contributed by atoms with van der Waals surface area (Å²) in [4.78, 5) is 36.1. The molecule has 0 bridgehead atoms. The Morgan fingerprint density at radius 3 is 2.38 bits per heavy atom. The highest BCUT2D eigenvalue weighted by molar-refractivity contribution is 7.89. The summed E-state index contributed by atoms with van der Waals surface area (Å²) in [6.45, 7) is 2.98. The predicted molar refractivity (Wildman–Crippen MR) is 117 cm³/mol. The van der Waals surface area contributed by atoms with Crippen LogP contribution in [0.1, 0.15) is 21.5 Å². The lowest BCUT2D eigenvalue weighted by Gasteiger charge is -2.15. The summed E-state index contributed by atoms with van der Waals surface area (Å²) in [7, 11) is 0.0917. The molecule has 0 saturated heterocycles. The number of imide groups is 1. The molecule has 0 heterocycles. The van der Waals surface area contributed by atoms with Crippen LogP contribution in [0.3, 0.4) is 0 Å². The molecular weight excluding hydrogens is 438 g/mol. The van der Waals surface area contributed by atoms with Crippen molar-refractivity contribution in [2.45, 2.75) is 18.7 Å². The minimum Gasteiger partial charge on any atom is -0.495 e. The smallest absolute Gasteiger partial charge is 0.338 e. The number of hydrogen-bond donors (Lipinski definition) is 2. The van der Waals surface area contributed by atoms with Gasteiger partial charge in [-0.1, -0.05) is 12.1 Å². The van der Waals surface area contributed by atoms with E-state index in [2.05, 4.69) is 10.6 Å². The molecule has 172 valence electrons. The molecular formula is C21H25N3O7S. The number of nitrogens with one attached hydrogen (secondary N) is 2. The summed E-state index contributed by atoms with van der Waals surface area (Å²) < 4.78 is 35.8. The number of esters is 1. The topological polar surface area (TPSA) is 131 Å². The van der Waals surface area contributed by atoms with Crippen molar-refractivity contribution in [3.05, 3.63) is 53.1 Å². The van der Waals surface area contributed by atoms with E-state index in [0.29, 0.717) is 5.69 Å². The van der Waals surface area contributed by atoms with Crippen molar-refractivity contribution in [1.29, 1.82) is 0 Å². The Kier molecular flexibility index (Phi) is 7.95. The van der Waals surface area contributed by atoms with Crippen molar-refractivity contribution in [2.75, 3.05) is 33.1 Å². The van der Waals surface area contributed by atoms with Crippen LogP contribution in [0.5, 0.6) is 5.75 Å². The van der Waals surface area contributed by atoms with Gasteiger partial charge < -0.3 is 14.8 Å². The maximum Gasteiger partial charge on any atom is 0.338 e. The number of hydrogen-bond acceptors (Lipinski definition) is 7. The van der Waals surface area contributed by atoms with Gasteiger partial charge in [0.2, 0.25) is 10.0 Å². The molecule has 0 aliphatic heterocycles. The number of rotatable bonds is 7. The highest BCUT2D eigenvalue weighted by Crippen LogP contribution is 2.27. The fourth-order valence-electron chi connectivity index (χ4n) is 2.62. The van der Waals surface area contributed by atoms with Crippen molar-refractivity contribution in [2.24, 2.45) is 0 Å². The van der Waals surface area contributed by atoms with Crippen LogP contribution in [0.2, 0.25) is 0 Å². The van der Waals surface area contributed by atoms with Gasteiger partial charge in [-0.15, -0.1) is 0 Å². The number of amides is 3. The summed E-state index contributed by atoms with van der Waals surface area (Å²) in [6, 6.07) is 8.28. The molecule has 0 aromatic heterocycles. The van der Waals surface area contributed by atoms with Crippen LogP contribution in [0.25, 0.3) is 0 Å². The second-order valence-corrected chi connectivity index (χ2v) is 9.10. The van der Waals surface area contributed by atoms with E-state index < -0.39 is 34.5 Å². The molecule has 0 atom stereocenters. The zero-order chi connectivity index (χ0) is 24.1. The average Bonchev–Trinajstić information content (AvgIpc) is 2.74. The number of methoxy groups -OCH3 is 1. The molecule has 0 radical (unpaired) electrons. The van der Waals surface area contributed by atoms with Gasteiger partial charge in [-0.05, 0) is 49.2 Å². The third-order valence-corrected chi connectivity index (χ3v) is 6.43. The van der Waals surface area contributed by atoms with E-state index in [9.17, 15) is 22.8 Å². The molecule has 3 amide bonds. The first-order valence-corrected chi connectivity index (χ1v) is 10.9. The summed E-state index contributed by atoms with van der Waals surface area (Å²) in [5.74, 6) is -1.74. The number of urea groups is 1. The molecule has 0 unspecified atom stereocenters. The molecule has 11 heteroatoms. The minimum atomic E-state index is -3.89. The van der Waals surface area contributed by atoms with Crippen LogP contribution >= 0.6 is 0 Å². The maximum atomic E-state index is 12.5. The molecule has 0 saturated carbocycles. The van der Waals surface area contributed by atoms with E-state index in [-0.39, 0.29) is 16.2 Å². The first-order chi connectivity index (χ1) is 15.0. The Bertz CT molecular complexity index is 1140. The number of aryl methyl sites for hydroxylation is 1. The van der Waals surface area contributed by atoms with Crippen molar-refractivity contribution in [3.63, 3.8) is 0 Å². The Hall–Kier alpha value is -3.44. The van der Waals surface area contributed by atoms with Crippen molar-refractivity contribution < 1.29 is 32.3 Å². The van der Waals surface area contributed by atoms with Crippen molar-refractivity contribution in [3.8, 4) is 5.75 Å². The summed E-state index contributed by atoms with van der Waals surface area (Å²) in [6.07, 6.45) is 0. The number of carbonyl (C=O) groups is 3. The molecule has 0 spiro atoms. The SMILES string of the molecule is COc1ccc(C(=O)OCC(=O)NC(=O)Nc2cccc(C)c2C)cc1S(=O)(=O)N(C)C. The highest BCUT2D eigenvalue weighted by atomic mass is 32.2. The van der Waals surface area contributed by atoms with E-state index in [0.717, 1.165) is 21.5 Å². The van der Waals surface area contributed by atoms with Gasteiger partial charge in [-0.25, -0.2) is 22.3 Å². The molecule has 2 aromatic carbocycles. The van der Waals surface area contributed by atoms with Gasteiger partial charge in [0.1, 0.15) is 10.6 Å². The molecule has 0 aliphatic rings. The number of anilines is 1. The third-order valence-electron chi connectivity index (χ3n) is 4.60. The van der Waals surface area contributed by atoms with E-state index in [1.165, 1.54) is 33.3 Å². The summed E-state index contributed by atoms with van der Waals surface area (Å²) >= 11 is 0. The molecule has 0 fully saturated rings. The fourth-order valence-corrected chi connectivity index (χ4v) is 3.69. The van der Waals surface area contributed by atoms with E-state index in [4.69, 9.17) is 9.47 Å². The fraction of sp³-hybridized carbons (Fsp3) is 0.286. The Labute approximate surface area is 186 Å². The van der Waals surface area contributed by atoms with Crippen LogP contribution in [-0.4, -0.2) is 58.4 Å². The van der Waals surface area contributed by atoms with Crippen molar-refractivity contribution in [1.82, 2.24) is 9.62 Å². The van der Waals surface area contributed by atoms with Gasteiger partial charge in [0.25, 0.3) is 5.91 Å². The first kappa shape index (κ1) is 24.8. The quantitative estimate of drug-likeness (QED) is 0.601. The standard InChI is InChI=1S/C21H25N3O7S/c1-13-7-6-8-16(14(13)2)22-21(27)23-19(25)12-31-20(26)15-9-10-17(30-5)18(11-15)32(28,29)24(3)4/h6-11H,12H2,1-5H3,(H2,22,23,25,27). The molecule has 2 rings (SSSR count). The lowest BCUT2D eigenvalue weighted by atomic mass is 10.1. The maximum absolute atomic E-state index is 12.5. The zero-order valence-corrected chi connectivity index (χ0v) is 19.2. The lowest BCUT2D eigenvalue weighted by Crippen LogP contribution is -2.37. The van der Waals surface area contributed by atoms with Gasteiger partial charge >= 0.3 is 12.0 Å². The number of ether oxygens (including phenoxy) is 2. The van der Waals surface area contributed by atoms with Gasteiger partial charge in [0.15, 0.2) is 6.61 Å². The molecule has 32 heavy (non-hydrogen) atoms. The van der Waals surface area contributed by atoms with Crippen LogP contribution in [0, 0.1) is 13.8 Å². The first-order valence-electron chi connectivity index (χ1n) is 9.42. The zero-order valence-electron chi connectivity index (χ0n) is 18.4. The van der Waals surface area contributed by atoms with Gasteiger partial charge in [0, 0.05) is 19.8 Å². The van der Waals surface area contributed by atoms with E-state index >= 15 is 0 Å². The van der Waals surface area contributed by atoms with Crippen LogP contribution in [-0.2, 0) is 19.6 Å². The van der Waals surface area contributed by atoms with Gasteiger partial charge in [-0.3, -0.25) is 10.1 Å². The summed E-state index contributed by atoms with van der Waals surface area (Å²) in [5, 5.41) is 4.61. The molecule has 2 aromatic rings. The monoisotopic (exact) mass is 463 g/mol. The third kappa shape index (κ3) is 5.83. The molecule has 2 N–H and O–H groups in total. The van der Waals surface area contributed by atoms with Crippen LogP contribution in [0.15, 0.2) is 41.3 Å². The van der Waals surface area contributed by atoms with E-state index in [1.807, 2.05) is 19.9 Å². The lowest BCUT2D eigenvalue weighted by molar-refractivity contribution is -0.123. The minimum absolute atomic E-state index is 0.0520. The number of benzene rings is 2. The second-order valence-electron chi connectivity index (χ2n) is 6.98. The Morgan fingerprint density at radius 1 is 1.06 bits per heavy atom. The summed E-state index contributed by atoms with van der Waals surface area (Å²) in [5.41, 5.74) is 2.27. The number of carbonyl (C=O) groups excluding carboxylic acids is 3.